The topological polar surface area (TPSA) is 12.0 Å². The Bertz CT molecular complexity index is 409. The van der Waals surface area contributed by atoms with Crippen LogP contribution in [0.1, 0.15) is 51.0 Å². The van der Waals surface area contributed by atoms with Crippen LogP contribution in [-0.4, -0.2) is 12.1 Å². The summed E-state index contributed by atoms with van der Waals surface area (Å²) in [7, 11) is 0. The van der Waals surface area contributed by atoms with Crippen LogP contribution in [0, 0.1) is 0 Å². The Balaban J connectivity index is 2.21. The molecular formula is C16H23Cl2N. The molecule has 1 nitrogen and oxygen atoms in total. The number of halogens is 2. The summed E-state index contributed by atoms with van der Waals surface area (Å²) in [6, 6.07) is 5.80. The van der Waals surface area contributed by atoms with Gasteiger partial charge in [-0.25, -0.2) is 0 Å². The third-order valence-electron chi connectivity index (χ3n) is 4.10. The van der Waals surface area contributed by atoms with Crippen LogP contribution in [0.2, 0.25) is 10.0 Å². The van der Waals surface area contributed by atoms with Crippen LogP contribution in [0.25, 0.3) is 0 Å². The van der Waals surface area contributed by atoms with Gasteiger partial charge in [0.2, 0.25) is 0 Å². The monoisotopic (exact) mass is 299 g/mol. The Labute approximate surface area is 126 Å². The van der Waals surface area contributed by atoms with Crippen molar-refractivity contribution in [3.8, 4) is 0 Å². The third kappa shape index (κ3) is 4.11. The van der Waals surface area contributed by atoms with E-state index in [4.69, 9.17) is 23.2 Å². The van der Waals surface area contributed by atoms with Crippen LogP contribution in [0.5, 0.6) is 0 Å². The Morgan fingerprint density at radius 1 is 1.21 bits per heavy atom. The quantitative estimate of drug-likeness (QED) is 0.802. The van der Waals surface area contributed by atoms with E-state index in [1.54, 1.807) is 0 Å². The second-order valence-corrected chi connectivity index (χ2v) is 6.52. The molecule has 0 aromatic heterocycles. The minimum absolute atomic E-state index is 0.208. The number of hydrogen-bond donors (Lipinski definition) is 1. The number of nitrogens with one attached hydrogen (secondary N) is 1. The second-order valence-electron chi connectivity index (χ2n) is 5.68. The minimum atomic E-state index is 0.208. The Morgan fingerprint density at radius 3 is 2.84 bits per heavy atom. The average molecular weight is 300 g/mol. The van der Waals surface area contributed by atoms with E-state index in [2.05, 4.69) is 12.2 Å². The lowest BCUT2D eigenvalue weighted by molar-refractivity contribution is 0.288. The van der Waals surface area contributed by atoms with Gasteiger partial charge in [-0.3, -0.25) is 0 Å². The fourth-order valence-electron chi connectivity index (χ4n) is 3.18. The fourth-order valence-corrected chi connectivity index (χ4v) is 3.56. The molecular weight excluding hydrogens is 277 g/mol. The van der Waals surface area contributed by atoms with E-state index in [1.807, 2.05) is 18.2 Å². The maximum Gasteiger partial charge on any atom is 0.0439 e. The lowest BCUT2D eigenvalue weighted by atomic mass is 9.83. The molecule has 0 saturated carbocycles. The van der Waals surface area contributed by atoms with Crippen LogP contribution in [0.15, 0.2) is 18.2 Å². The smallest absolute Gasteiger partial charge is 0.0439 e. The summed E-state index contributed by atoms with van der Waals surface area (Å²) >= 11 is 12.4. The largest absolute Gasteiger partial charge is 0.311 e. The van der Waals surface area contributed by atoms with Crippen molar-refractivity contribution in [3.63, 3.8) is 0 Å². The van der Waals surface area contributed by atoms with Crippen molar-refractivity contribution in [2.24, 2.45) is 0 Å². The Morgan fingerprint density at radius 2 is 2.05 bits per heavy atom. The highest BCUT2D eigenvalue weighted by Gasteiger charge is 2.30. The van der Waals surface area contributed by atoms with Crippen molar-refractivity contribution in [2.45, 2.75) is 57.4 Å². The first kappa shape index (κ1) is 15.2. The maximum atomic E-state index is 6.33. The summed E-state index contributed by atoms with van der Waals surface area (Å²) < 4.78 is 0. The average Bonchev–Trinajstić information content (AvgIpc) is 2.60. The molecule has 1 aliphatic rings. The SMILES string of the molecule is CCCC1(Cc2cc(Cl)ccc2Cl)CCCCCN1. The molecule has 0 amide bonds. The van der Waals surface area contributed by atoms with Gasteiger partial charge in [-0.2, -0.15) is 0 Å². The molecule has 1 N–H and O–H groups in total. The molecule has 2 rings (SSSR count). The van der Waals surface area contributed by atoms with Gasteiger partial charge < -0.3 is 5.32 Å². The van der Waals surface area contributed by atoms with Crippen LogP contribution >= 0.6 is 23.2 Å². The molecule has 0 radical (unpaired) electrons. The van der Waals surface area contributed by atoms with Gasteiger partial charge in [-0.1, -0.05) is 49.4 Å². The summed E-state index contributed by atoms with van der Waals surface area (Å²) in [5.41, 5.74) is 1.39. The predicted octanol–water partition coefficient (Wildman–Crippen LogP) is 5.24. The molecule has 0 spiro atoms. The molecule has 1 saturated heterocycles. The molecule has 19 heavy (non-hydrogen) atoms. The van der Waals surface area contributed by atoms with Gasteiger partial charge in [0.25, 0.3) is 0 Å². The maximum absolute atomic E-state index is 6.33. The van der Waals surface area contributed by atoms with Gasteiger partial charge in [-0.15, -0.1) is 0 Å². The first-order chi connectivity index (χ1) is 9.15. The van der Waals surface area contributed by atoms with Gasteiger partial charge in [-0.05, 0) is 56.0 Å². The van der Waals surface area contributed by atoms with Crippen molar-refractivity contribution < 1.29 is 0 Å². The second kappa shape index (κ2) is 6.97. The third-order valence-corrected chi connectivity index (χ3v) is 4.70. The van der Waals surface area contributed by atoms with Crippen LogP contribution in [-0.2, 0) is 6.42 Å². The van der Waals surface area contributed by atoms with Gasteiger partial charge >= 0.3 is 0 Å². The van der Waals surface area contributed by atoms with Gasteiger partial charge in [0.1, 0.15) is 0 Å². The molecule has 106 valence electrons. The molecule has 0 bridgehead atoms. The summed E-state index contributed by atoms with van der Waals surface area (Å²) in [4.78, 5) is 0. The molecule has 3 heteroatoms. The van der Waals surface area contributed by atoms with E-state index in [0.717, 1.165) is 23.0 Å². The number of benzene rings is 1. The minimum Gasteiger partial charge on any atom is -0.311 e. The zero-order valence-corrected chi connectivity index (χ0v) is 13.2. The van der Waals surface area contributed by atoms with Crippen LogP contribution in [0.3, 0.4) is 0 Å². The van der Waals surface area contributed by atoms with E-state index >= 15 is 0 Å². The Kier molecular flexibility index (Phi) is 5.56. The van der Waals surface area contributed by atoms with E-state index in [9.17, 15) is 0 Å². The molecule has 0 aliphatic carbocycles. The molecule has 1 unspecified atom stereocenters. The molecule has 1 fully saturated rings. The lowest BCUT2D eigenvalue weighted by Gasteiger charge is -2.34. The van der Waals surface area contributed by atoms with Crippen molar-refractivity contribution in [3.05, 3.63) is 33.8 Å². The lowest BCUT2D eigenvalue weighted by Crippen LogP contribution is -2.46. The number of hydrogen-bond acceptors (Lipinski definition) is 1. The first-order valence-corrected chi connectivity index (χ1v) is 8.10. The van der Waals surface area contributed by atoms with Crippen molar-refractivity contribution in [2.75, 3.05) is 6.54 Å². The highest BCUT2D eigenvalue weighted by Crippen LogP contribution is 2.31. The van der Waals surface area contributed by atoms with Crippen molar-refractivity contribution >= 4 is 23.2 Å². The van der Waals surface area contributed by atoms with Crippen molar-refractivity contribution in [1.82, 2.24) is 5.32 Å². The molecule has 1 aromatic carbocycles. The predicted molar refractivity (Wildman–Crippen MR) is 84.3 cm³/mol. The van der Waals surface area contributed by atoms with E-state index in [1.165, 1.54) is 44.1 Å². The van der Waals surface area contributed by atoms with Crippen LogP contribution in [0.4, 0.5) is 0 Å². The zero-order valence-electron chi connectivity index (χ0n) is 11.6. The molecule has 1 heterocycles. The van der Waals surface area contributed by atoms with Crippen LogP contribution < -0.4 is 5.32 Å². The molecule has 1 aliphatic heterocycles. The summed E-state index contributed by atoms with van der Waals surface area (Å²) in [6.45, 7) is 3.38. The van der Waals surface area contributed by atoms with E-state index < -0.39 is 0 Å². The van der Waals surface area contributed by atoms with Crippen molar-refractivity contribution in [1.29, 1.82) is 0 Å². The summed E-state index contributed by atoms with van der Waals surface area (Å²) in [6.07, 6.45) is 8.56. The van der Waals surface area contributed by atoms with Gasteiger partial charge in [0, 0.05) is 15.6 Å². The highest BCUT2D eigenvalue weighted by atomic mass is 35.5. The van der Waals surface area contributed by atoms with E-state index in [-0.39, 0.29) is 5.54 Å². The zero-order chi connectivity index (χ0) is 13.7. The standard InChI is InChI=1S/C16H23Cl2N/c1-2-8-16(9-4-3-5-10-19-16)12-13-11-14(17)6-7-15(13)18/h6-7,11,19H,2-5,8-10,12H2,1H3. The summed E-state index contributed by atoms with van der Waals surface area (Å²) in [5.74, 6) is 0. The molecule has 1 aromatic rings. The highest BCUT2D eigenvalue weighted by molar-refractivity contribution is 6.33. The van der Waals surface area contributed by atoms with Gasteiger partial charge in [0.05, 0.1) is 0 Å². The summed E-state index contributed by atoms with van der Waals surface area (Å²) in [5, 5.41) is 5.41. The Hall–Kier alpha value is -0.240. The van der Waals surface area contributed by atoms with E-state index in [0.29, 0.717) is 0 Å². The normalized spacial score (nSPS) is 24.2. The van der Waals surface area contributed by atoms with Gasteiger partial charge in [0.15, 0.2) is 0 Å². The number of rotatable bonds is 4. The fraction of sp³-hybridized carbons (Fsp3) is 0.625. The first-order valence-electron chi connectivity index (χ1n) is 7.34. The molecule has 1 atom stereocenters.